The van der Waals surface area contributed by atoms with E-state index in [1.54, 1.807) is 18.3 Å². The molecule has 3 aromatic heterocycles. The van der Waals surface area contributed by atoms with Gasteiger partial charge < -0.3 is 9.88 Å². The molecule has 0 fully saturated rings. The van der Waals surface area contributed by atoms with E-state index in [9.17, 15) is 4.79 Å². The summed E-state index contributed by atoms with van der Waals surface area (Å²) in [7, 11) is 0. The van der Waals surface area contributed by atoms with E-state index in [-0.39, 0.29) is 11.9 Å². The monoisotopic (exact) mass is 402 g/mol. The first-order chi connectivity index (χ1) is 14.1. The number of fused-ring (bicyclic) bond motifs is 3. The fourth-order valence-electron chi connectivity index (χ4n) is 4.18. The summed E-state index contributed by atoms with van der Waals surface area (Å²) in [6, 6.07) is 17.2. The third-order valence-electron chi connectivity index (χ3n) is 5.46. The zero-order valence-electron chi connectivity index (χ0n) is 15.9. The Balaban J connectivity index is 1.68. The molecular formula is C23H19ClN4O. The number of carbonyl (C=O) groups is 1. The third kappa shape index (κ3) is 3.08. The van der Waals surface area contributed by atoms with E-state index in [0.717, 1.165) is 29.0 Å². The number of hydrogen-bond acceptors (Lipinski definition) is 3. The van der Waals surface area contributed by atoms with Crippen LogP contribution in [0.4, 0.5) is 0 Å². The molecule has 0 saturated carbocycles. The van der Waals surface area contributed by atoms with Crippen LogP contribution in [-0.4, -0.2) is 32.3 Å². The van der Waals surface area contributed by atoms with Crippen molar-refractivity contribution in [3.63, 3.8) is 0 Å². The summed E-state index contributed by atoms with van der Waals surface area (Å²) in [6.07, 6.45) is 2.35. The van der Waals surface area contributed by atoms with E-state index in [1.165, 1.54) is 10.9 Å². The number of aromatic nitrogens is 3. The average molecular weight is 403 g/mol. The minimum absolute atomic E-state index is 0.0769. The number of nitrogens with zero attached hydrogens (tertiary/aromatic N) is 3. The lowest BCUT2D eigenvalue weighted by molar-refractivity contribution is 0.0688. The van der Waals surface area contributed by atoms with Crippen molar-refractivity contribution in [2.45, 2.75) is 19.4 Å². The fraction of sp³-hybridized carbons (Fsp3) is 0.174. The summed E-state index contributed by atoms with van der Waals surface area (Å²) >= 11 is 6.04. The van der Waals surface area contributed by atoms with Crippen molar-refractivity contribution in [3.8, 4) is 0 Å². The smallest absolute Gasteiger partial charge is 0.254 e. The molecule has 1 aliphatic heterocycles. The SMILES string of the molecule is Cc1cccc([C@@H]2c3[nH]c4ccccc4c3CCN2C(=O)c2ccnc(Cl)c2)n1. The van der Waals surface area contributed by atoms with Crippen LogP contribution in [0.1, 0.15) is 39.0 Å². The van der Waals surface area contributed by atoms with Gasteiger partial charge in [-0.25, -0.2) is 4.98 Å². The second-order valence-corrected chi connectivity index (χ2v) is 7.67. The molecule has 1 aromatic carbocycles. The Bertz CT molecular complexity index is 1230. The van der Waals surface area contributed by atoms with Crippen LogP contribution in [0.25, 0.3) is 10.9 Å². The van der Waals surface area contributed by atoms with Gasteiger partial charge >= 0.3 is 0 Å². The topological polar surface area (TPSA) is 61.9 Å². The number of nitrogens with one attached hydrogen (secondary N) is 1. The zero-order valence-corrected chi connectivity index (χ0v) is 16.6. The Kier molecular flexibility index (Phi) is 4.32. The van der Waals surface area contributed by atoms with E-state index < -0.39 is 0 Å². The first-order valence-corrected chi connectivity index (χ1v) is 9.95. The lowest BCUT2D eigenvalue weighted by Crippen LogP contribution is -2.41. The summed E-state index contributed by atoms with van der Waals surface area (Å²) in [5, 5.41) is 1.52. The Morgan fingerprint density at radius 2 is 2.03 bits per heavy atom. The van der Waals surface area contributed by atoms with Gasteiger partial charge in [-0.2, -0.15) is 0 Å². The van der Waals surface area contributed by atoms with Crippen molar-refractivity contribution < 1.29 is 4.79 Å². The minimum atomic E-state index is -0.287. The summed E-state index contributed by atoms with van der Waals surface area (Å²) < 4.78 is 0. The molecule has 4 aromatic rings. The zero-order chi connectivity index (χ0) is 20.0. The van der Waals surface area contributed by atoms with Gasteiger partial charge in [-0.1, -0.05) is 35.9 Å². The van der Waals surface area contributed by atoms with Gasteiger partial charge in [0.15, 0.2) is 0 Å². The minimum Gasteiger partial charge on any atom is -0.356 e. The number of H-pyrrole nitrogens is 1. The lowest BCUT2D eigenvalue weighted by Gasteiger charge is -2.35. The lowest BCUT2D eigenvalue weighted by atomic mass is 9.94. The third-order valence-corrected chi connectivity index (χ3v) is 5.67. The molecule has 0 radical (unpaired) electrons. The van der Waals surface area contributed by atoms with Crippen molar-refractivity contribution in [3.05, 3.63) is 94.2 Å². The van der Waals surface area contributed by atoms with Gasteiger partial charge in [-0.05, 0) is 49.2 Å². The summed E-state index contributed by atoms with van der Waals surface area (Å²) in [5.74, 6) is -0.0769. The van der Waals surface area contributed by atoms with E-state index in [1.807, 2.05) is 42.2 Å². The van der Waals surface area contributed by atoms with Crippen LogP contribution in [0.2, 0.25) is 5.15 Å². The molecule has 1 aliphatic rings. The van der Waals surface area contributed by atoms with Crippen LogP contribution >= 0.6 is 11.6 Å². The molecule has 0 spiro atoms. The van der Waals surface area contributed by atoms with Crippen LogP contribution in [0.15, 0.2) is 60.8 Å². The van der Waals surface area contributed by atoms with Crippen LogP contribution in [0.5, 0.6) is 0 Å². The number of amides is 1. The van der Waals surface area contributed by atoms with Crippen LogP contribution in [0, 0.1) is 6.92 Å². The van der Waals surface area contributed by atoms with Gasteiger partial charge in [-0.15, -0.1) is 0 Å². The first kappa shape index (κ1) is 17.9. The highest BCUT2D eigenvalue weighted by molar-refractivity contribution is 6.29. The number of aromatic amines is 1. The van der Waals surface area contributed by atoms with Crippen molar-refractivity contribution >= 4 is 28.4 Å². The molecule has 0 unspecified atom stereocenters. The summed E-state index contributed by atoms with van der Waals surface area (Å²) in [5.41, 5.74) is 5.67. The Morgan fingerprint density at radius 3 is 2.86 bits per heavy atom. The normalized spacial score (nSPS) is 16.1. The molecule has 29 heavy (non-hydrogen) atoms. The van der Waals surface area contributed by atoms with Crippen molar-refractivity contribution in [2.24, 2.45) is 0 Å². The maximum Gasteiger partial charge on any atom is 0.254 e. The molecule has 5 rings (SSSR count). The number of para-hydroxylation sites is 1. The molecule has 1 amide bonds. The second-order valence-electron chi connectivity index (χ2n) is 7.28. The van der Waals surface area contributed by atoms with Gasteiger partial charge in [0.2, 0.25) is 0 Å². The molecule has 144 valence electrons. The molecule has 0 aliphatic carbocycles. The number of halogens is 1. The van der Waals surface area contributed by atoms with Gasteiger partial charge in [0.25, 0.3) is 5.91 Å². The highest BCUT2D eigenvalue weighted by Gasteiger charge is 2.35. The number of hydrogen-bond donors (Lipinski definition) is 1. The molecule has 6 heteroatoms. The number of benzene rings is 1. The predicted molar refractivity (Wildman–Crippen MR) is 113 cm³/mol. The van der Waals surface area contributed by atoms with E-state index >= 15 is 0 Å². The molecule has 4 heterocycles. The Hall–Kier alpha value is -3.18. The number of pyridine rings is 2. The van der Waals surface area contributed by atoms with E-state index in [4.69, 9.17) is 16.6 Å². The molecule has 5 nitrogen and oxygen atoms in total. The van der Waals surface area contributed by atoms with Crippen molar-refractivity contribution in [1.29, 1.82) is 0 Å². The molecule has 0 bridgehead atoms. The summed E-state index contributed by atoms with van der Waals surface area (Å²) in [4.78, 5) is 27.6. The maximum absolute atomic E-state index is 13.4. The van der Waals surface area contributed by atoms with Crippen LogP contribution < -0.4 is 0 Å². The fourth-order valence-corrected chi connectivity index (χ4v) is 4.36. The number of rotatable bonds is 2. The molecular weight excluding hydrogens is 384 g/mol. The Labute approximate surface area is 173 Å². The molecule has 0 saturated heterocycles. The van der Waals surface area contributed by atoms with Crippen molar-refractivity contribution in [1.82, 2.24) is 19.9 Å². The van der Waals surface area contributed by atoms with Crippen LogP contribution in [-0.2, 0) is 6.42 Å². The van der Waals surface area contributed by atoms with Gasteiger partial charge in [0.1, 0.15) is 11.2 Å². The van der Waals surface area contributed by atoms with E-state index in [0.29, 0.717) is 17.3 Å². The van der Waals surface area contributed by atoms with Gasteiger partial charge in [0, 0.05) is 40.6 Å². The second kappa shape index (κ2) is 7.01. The van der Waals surface area contributed by atoms with Gasteiger partial charge in [-0.3, -0.25) is 9.78 Å². The van der Waals surface area contributed by atoms with Crippen LogP contribution in [0.3, 0.4) is 0 Å². The Morgan fingerprint density at radius 1 is 1.17 bits per heavy atom. The number of carbonyl (C=O) groups excluding carboxylic acids is 1. The molecule has 1 N–H and O–H groups in total. The summed E-state index contributed by atoms with van der Waals surface area (Å²) in [6.45, 7) is 2.57. The highest BCUT2D eigenvalue weighted by atomic mass is 35.5. The van der Waals surface area contributed by atoms with Crippen molar-refractivity contribution in [2.75, 3.05) is 6.54 Å². The average Bonchev–Trinajstić information content (AvgIpc) is 3.11. The highest BCUT2D eigenvalue weighted by Crippen LogP contribution is 2.38. The first-order valence-electron chi connectivity index (χ1n) is 9.57. The predicted octanol–water partition coefficient (Wildman–Crippen LogP) is 4.71. The maximum atomic E-state index is 13.4. The largest absolute Gasteiger partial charge is 0.356 e. The molecule has 1 atom stereocenters. The van der Waals surface area contributed by atoms with Gasteiger partial charge in [0.05, 0.1) is 5.69 Å². The number of aryl methyl sites for hydroxylation is 1. The quantitative estimate of drug-likeness (QED) is 0.494. The van der Waals surface area contributed by atoms with E-state index in [2.05, 4.69) is 22.1 Å². The standard InChI is InChI=1S/C23H19ClN4O/c1-14-5-4-8-19(26-14)22-21-17(16-6-2-3-7-18(16)27-21)10-12-28(22)23(29)15-9-11-25-20(24)13-15/h2-9,11,13,22,27H,10,12H2,1H3/t22-/m1/s1.